The fourth-order valence-corrected chi connectivity index (χ4v) is 2.16. The number of hydrogen-bond acceptors (Lipinski definition) is 5. The van der Waals surface area contributed by atoms with Crippen LogP contribution in [0.4, 0.5) is 0 Å². The first-order chi connectivity index (χ1) is 10.2. The first-order valence-electron chi connectivity index (χ1n) is 6.82. The maximum atomic E-state index is 4.43. The highest BCUT2D eigenvalue weighted by Crippen LogP contribution is 2.18. The molecule has 6 heteroatoms. The van der Waals surface area contributed by atoms with Gasteiger partial charge in [0.25, 0.3) is 0 Å². The Labute approximate surface area is 122 Å². The average molecular weight is 280 g/mol. The minimum Gasteiger partial charge on any atom is -0.261 e. The number of aromatic nitrogens is 6. The summed E-state index contributed by atoms with van der Waals surface area (Å²) < 4.78 is 1.86. The molecule has 106 valence electrons. The molecular weight excluding hydrogens is 264 g/mol. The molecule has 0 aliphatic rings. The zero-order chi connectivity index (χ0) is 14.7. The van der Waals surface area contributed by atoms with Crippen molar-refractivity contribution in [1.82, 2.24) is 29.9 Å². The number of hydrogen-bond donors (Lipinski definition) is 0. The van der Waals surface area contributed by atoms with Crippen LogP contribution in [0, 0.1) is 6.92 Å². The third-order valence-electron chi connectivity index (χ3n) is 3.42. The van der Waals surface area contributed by atoms with E-state index in [0.29, 0.717) is 0 Å². The van der Waals surface area contributed by atoms with Crippen LogP contribution in [0.2, 0.25) is 0 Å². The Kier molecular flexibility index (Phi) is 3.68. The van der Waals surface area contributed by atoms with E-state index in [4.69, 9.17) is 0 Å². The molecule has 0 fully saturated rings. The van der Waals surface area contributed by atoms with E-state index in [9.17, 15) is 0 Å². The molecule has 3 rings (SSSR count). The van der Waals surface area contributed by atoms with Crippen molar-refractivity contribution in [2.24, 2.45) is 0 Å². The van der Waals surface area contributed by atoms with Gasteiger partial charge in [0.2, 0.25) is 0 Å². The molecule has 0 unspecified atom stereocenters. The average Bonchev–Trinajstić information content (AvgIpc) is 3.00. The van der Waals surface area contributed by atoms with Crippen molar-refractivity contribution in [2.45, 2.75) is 26.3 Å². The SMILES string of the molecule is Cc1cccnc1C[C@@H](C)n1cc(-c2cncnc2)nn1. The highest BCUT2D eigenvalue weighted by atomic mass is 15.4. The van der Waals surface area contributed by atoms with Crippen molar-refractivity contribution in [1.29, 1.82) is 0 Å². The van der Waals surface area contributed by atoms with Crippen LogP contribution in [0.15, 0.2) is 43.2 Å². The van der Waals surface area contributed by atoms with Gasteiger partial charge in [-0.1, -0.05) is 11.3 Å². The van der Waals surface area contributed by atoms with Crippen molar-refractivity contribution >= 4 is 0 Å². The second-order valence-electron chi connectivity index (χ2n) is 5.03. The van der Waals surface area contributed by atoms with Gasteiger partial charge in [-0.25, -0.2) is 14.6 Å². The van der Waals surface area contributed by atoms with Crippen molar-refractivity contribution < 1.29 is 0 Å². The van der Waals surface area contributed by atoms with Gasteiger partial charge < -0.3 is 0 Å². The maximum absolute atomic E-state index is 4.43. The van der Waals surface area contributed by atoms with E-state index in [0.717, 1.165) is 23.4 Å². The molecule has 0 saturated carbocycles. The van der Waals surface area contributed by atoms with Crippen molar-refractivity contribution in [3.8, 4) is 11.3 Å². The highest BCUT2D eigenvalue weighted by Gasteiger charge is 2.12. The highest BCUT2D eigenvalue weighted by molar-refractivity contribution is 5.54. The minimum absolute atomic E-state index is 0.185. The standard InChI is InChI=1S/C15H16N6/c1-11-4-3-5-18-14(11)6-12(2)21-9-15(19-20-21)13-7-16-10-17-8-13/h3-5,7-10,12H,6H2,1-2H3/t12-/m1/s1. The fourth-order valence-electron chi connectivity index (χ4n) is 2.16. The van der Waals surface area contributed by atoms with Crippen LogP contribution < -0.4 is 0 Å². The predicted molar refractivity (Wildman–Crippen MR) is 78.4 cm³/mol. The van der Waals surface area contributed by atoms with Gasteiger partial charge in [0, 0.05) is 36.3 Å². The smallest absolute Gasteiger partial charge is 0.116 e. The van der Waals surface area contributed by atoms with Gasteiger partial charge in [-0.15, -0.1) is 5.10 Å². The van der Waals surface area contributed by atoms with Gasteiger partial charge in [-0.3, -0.25) is 4.98 Å². The molecule has 0 spiro atoms. The summed E-state index contributed by atoms with van der Waals surface area (Å²) in [5, 5.41) is 8.39. The maximum Gasteiger partial charge on any atom is 0.116 e. The molecule has 21 heavy (non-hydrogen) atoms. The van der Waals surface area contributed by atoms with E-state index in [1.54, 1.807) is 12.4 Å². The second kappa shape index (κ2) is 5.78. The van der Waals surface area contributed by atoms with Crippen LogP contribution in [0.1, 0.15) is 24.2 Å². The van der Waals surface area contributed by atoms with E-state index in [-0.39, 0.29) is 6.04 Å². The van der Waals surface area contributed by atoms with E-state index >= 15 is 0 Å². The lowest BCUT2D eigenvalue weighted by Gasteiger charge is -2.12. The monoisotopic (exact) mass is 280 g/mol. The van der Waals surface area contributed by atoms with E-state index in [2.05, 4.69) is 45.2 Å². The van der Waals surface area contributed by atoms with E-state index in [1.165, 1.54) is 11.9 Å². The van der Waals surface area contributed by atoms with E-state index in [1.807, 2.05) is 23.1 Å². The molecule has 0 aliphatic heterocycles. The Hall–Kier alpha value is -2.63. The number of aryl methyl sites for hydroxylation is 1. The third-order valence-corrected chi connectivity index (χ3v) is 3.42. The minimum atomic E-state index is 0.185. The Bertz CT molecular complexity index is 722. The lowest BCUT2D eigenvalue weighted by Crippen LogP contribution is -2.10. The molecular formula is C15H16N6. The summed E-state index contributed by atoms with van der Waals surface area (Å²) in [5.74, 6) is 0. The summed E-state index contributed by atoms with van der Waals surface area (Å²) in [6, 6.07) is 4.21. The Morgan fingerprint density at radius 1 is 1.24 bits per heavy atom. The van der Waals surface area contributed by atoms with E-state index < -0.39 is 0 Å². The zero-order valence-electron chi connectivity index (χ0n) is 12.0. The summed E-state index contributed by atoms with van der Waals surface area (Å²) in [5.41, 5.74) is 3.93. The Morgan fingerprint density at radius 2 is 2.05 bits per heavy atom. The molecule has 3 heterocycles. The fraction of sp³-hybridized carbons (Fsp3) is 0.267. The Balaban J connectivity index is 1.79. The quantitative estimate of drug-likeness (QED) is 0.733. The summed E-state index contributed by atoms with van der Waals surface area (Å²) in [4.78, 5) is 12.4. The molecule has 3 aromatic heterocycles. The van der Waals surface area contributed by atoms with Crippen LogP contribution in [-0.4, -0.2) is 29.9 Å². The van der Waals surface area contributed by atoms with Crippen LogP contribution in [-0.2, 0) is 6.42 Å². The largest absolute Gasteiger partial charge is 0.261 e. The molecule has 0 bridgehead atoms. The molecule has 6 nitrogen and oxygen atoms in total. The first kappa shape index (κ1) is 13.4. The lowest BCUT2D eigenvalue weighted by atomic mass is 10.1. The predicted octanol–water partition coefficient (Wildman–Crippen LogP) is 2.24. The van der Waals surface area contributed by atoms with Gasteiger partial charge in [0.05, 0.1) is 12.2 Å². The summed E-state index contributed by atoms with van der Waals surface area (Å²) in [7, 11) is 0. The van der Waals surface area contributed by atoms with Crippen LogP contribution in [0.5, 0.6) is 0 Å². The van der Waals surface area contributed by atoms with Gasteiger partial charge >= 0.3 is 0 Å². The molecule has 1 atom stereocenters. The topological polar surface area (TPSA) is 69.4 Å². The lowest BCUT2D eigenvalue weighted by molar-refractivity contribution is 0.469. The molecule has 0 N–H and O–H groups in total. The Morgan fingerprint density at radius 3 is 2.81 bits per heavy atom. The molecule has 0 saturated heterocycles. The second-order valence-corrected chi connectivity index (χ2v) is 5.03. The number of nitrogens with zero attached hydrogens (tertiary/aromatic N) is 6. The van der Waals surface area contributed by atoms with Gasteiger partial charge in [0.15, 0.2) is 0 Å². The first-order valence-corrected chi connectivity index (χ1v) is 6.82. The van der Waals surface area contributed by atoms with Gasteiger partial charge in [-0.05, 0) is 25.5 Å². The van der Waals surface area contributed by atoms with Crippen LogP contribution >= 0.6 is 0 Å². The summed E-state index contributed by atoms with van der Waals surface area (Å²) in [6.07, 6.45) is 9.52. The van der Waals surface area contributed by atoms with Gasteiger partial charge in [-0.2, -0.15) is 0 Å². The van der Waals surface area contributed by atoms with Crippen LogP contribution in [0.25, 0.3) is 11.3 Å². The molecule has 0 aromatic carbocycles. The summed E-state index contributed by atoms with van der Waals surface area (Å²) in [6.45, 7) is 4.18. The number of rotatable bonds is 4. The molecule has 0 radical (unpaired) electrons. The van der Waals surface area contributed by atoms with Crippen molar-refractivity contribution in [2.75, 3.05) is 0 Å². The third kappa shape index (κ3) is 2.94. The summed E-state index contributed by atoms with van der Waals surface area (Å²) >= 11 is 0. The molecule has 0 amide bonds. The number of pyridine rings is 1. The molecule has 0 aliphatic carbocycles. The normalized spacial score (nSPS) is 12.3. The van der Waals surface area contributed by atoms with Gasteiger partial charge in [0.1, 0.15) is 12.0 Å². The van der Waals surface area contributed by atoms with Crippen molar-refractivity contribution in [3.05, 3.63) is 54.5 Å². The van der Waals surface area contributed by atoms with Crippen molar-refractivity contribution in [3.63, 3.8) is 0 Å². The zero-order valence-corrected chi connectivity index (χ0v) is 12.0. The van der Waals surface area contributed by atoms with Crippen LogP contribution in [0.3, 0.4) is 0 Å². The molecule has 3 aromatic rings.